The highest BCUT2D eigenvalue weighted by atomic mass is 32.2. The summed E-state index contributed by atoms with van der Waals surface area (Å²) < 4.78 is 0. The molecule has 0 rings (SSSR count). The third-order valence-corrected chi connectivity index (χ3v) is 2.67. The lowest BCUT2D eigenvalue weighted by Crippen LogP contribution is -2.41. The summed E-state index contributed by atoms with van der Waals surface area (Å²) in [4.78, 5) is 25.5. The molecule has 0 aromatic carbocycles. The van der Waals surface area contributed by atoms with Crippen molar-refractivity contribution in [3.05, 3.63) is 0 Å². The molecular formula is C10H17N3O3S. The summed E-state index contributed by atoms with van der Waals surface area (Å²) in [6.07, 6.45) is 0. The minimum atomic E-state index is -1.03. The second kappa shape index (κ2) is 8.84. The molecule has 0 aliphatic heterocycles. The number of carboxylic acid groups (broad SMARTS) is 1. The van der Waals surface area contributed by atoms with Crippen molar-refractivity contribution < 1.29 is 14.7 Å². The third-order valence-electron chi connectivity index (χ3n) is 1.89. The lowest BCUT2D eigenvalue weighted by Gasteiger charge is -2.22. The summed E-state index contributed by atoms with van der Waals surface area (Å²) in [5.74, 6) is -0.883. The number of nitriles is 1. The standard InChI is InChI=1S/C10H17N3O3S/c1-12(2)4-5-13(7-10(15)16)9(14)8-17-6-3-11/h4-8H2,1-2H3,(H,15,16). The molecule has 0 bridgehead atoms. The van der Waals surface area contributed by atoms with Crippen LogP contribution in [0.2, 0.25) is 0 Å². The fraction of sp³-hybridized carbons (Fsp3) is 0.700. The smallest absolute Gasteiger partial charge is 0.323 e. The molecule has 96 valence electrons. The van der Waals surface area contributed by atoms with E-state index >= 15 is 0 Å². The van der Waals surface area contributed by atoms with Gasteiger partial charge in [-0.3, -0.25) is 9.59 Å². The minimum absolute atomic E-state index is 0.147. The number of carbonyl (C=O) groups excluding carboxylic acids is 1. The van der Waals surface area contributed by atoms with Crippen LogP contribution in [0.1, 0.15) is 0 Å². The average molecular weight is 259 g/mol. The highest BCUT2D eigenvalue weighted by molar-refractivity contribution is 8.00. The molecule has 0 aromatic heterocycles. The van der Waals surface area contributed by atoms with Gasteiger partial charge in [-0.1, -0.05) is 0 Å². The van der Waals surface area contributed by atoms with Crippen molar-refractivity contribution in [2.75, 3.05) is 45.2 Å². The molecule has 0 unspecified atom stereocenters. The van der Waals surface area contributed by atoms with Crippen LogP contribution in [0.4, 0.5) is 0 Å². The van der Waals surface area contributed by atoms with E-state index in [9.17, 15) is 9.59 Å². The number of amides is 1. The fourth-order valence-corrected chi connectivity index (χ4v) is 1.60. The Labute approximate surface area is 105 Å². The zero-order valence-electron chi connectivity index (χ0n) is 10.0. The Hall–Kier alpha value is -1.26. The maximum absolute atomic E-state index is 11.7. The van der Waals surface area contributed by atoms with E-state index in [0.29, 0.717) is 13.1 Å². The van der Waals surface area contributed by atoms with E-state index in [2.05, 4.69) is 0 Å². The highest BCUT2D eigenvalue weighted by Crippen LogP contribution is 2.02. The Morgan fingerprint density at radius 2 is 2.00 bits per heavy atom. The van der Waals surface area contributed by atoms with Gasteiger partial charge in [0.15, 0.2) is 0 Å². The molecule has 7 heteroatoms. The molecule has 0 atom stereocenters. The first-order chi connectivity index (χ1) is 7.97. The lowest BCUT2D eigenvalue weighted by atomic mass is 10.4. The largest absolute Gasteiger partial charge is 0.480 e. The first-order valence-corrected chi connectivity index (χ1v) is 6.21. The van der Waals surface area contributed by atoms with Crippen LogP contribution in [-0.2, 0) is 9.59 Å². The van der Waals surface area contributed by atoms with Gasteiger partial charge in [0.2, 0.25) is 5.91 Å². The van der Waals surface area contributed by atoms with Gasteiger partial charge in [0.1, 0.15) is 6.54 Å². The first-order valence-electron chi connectivity index (χ1n) is 5.06. The normalized spacial score (nSPS) is 10.0. The molecule has 0 saturated carbocycles. The zero-order chi connectivity index (χ0) is 13.3. The topological polar surface area (TPSA) is 84.6 Å². The van der Waals surface area contributed by atoms with E-state index in [1.54, 1.807) is 0 Å². The van der Waals surface area contributed by atoms with Crippen molar-refractivity contribution >= 4 is 23.6 Å². The molecule has 1 N–H and O–H groups in total. The predicted octanol–water partition coefficient (Wildman–Crippen LogP) is -0.282. The molecule has 0 saturated heterocycles. The quantitative estimate of drug-likeness (QED) is 0.603. The van der Waals surface area contributed by atoms with Crippen molar-refractivity contribution in [3.8, 4) is 6.07 Å². The maximum Gasteiger partial charge on any atom is 0.323 e. The maximum atomic E-state index is 11.7. The second-order valence-electron chi connectivity index (χ2n) is 3.66. The summed E-state index contributed by atoms with van der Waals surface area (Å²) in [6, 6.07) is 1.92. The van der Waals surface area contributed by atoms with Gasteiger partial charge in [-0.05, 0) is 14.1 Å². The second-order valence-corrected chi connectivity index (χ2v) is 4.65. The SMILES string of the molecule is CN(C)CCN(CC(=O)O)C(=O)CSCC#N. The van der Waals surface area contributed by atoms with Gasteiger partial charge in [0, 0.05) is 13.1 Å². The number of hydrogen-bond acceptors (Lipinski definition) is 5. The van der Waals surface area contributed by atoms with Crippen LogP contribution < -0.4 is 0 Å². The summed E-state index contributed by atoms with van der Waals surface area (Å²) in [7, 11) is 3.71. The molecular weight excluding hydrogens is 242 g/mol. The van der Waals surface area contributed by atoms with Crippen molar-refractivity contribution in [1.82, 2.24) is 9.80 Å². The average Bonchev–Trinajstić information content (AvgIpc) is 2.23. The molecule has 0 aromatic rings. The Morgan fingerprint density at radius 3 is 2.47 bits per heavy atom. The lowest BCUT2D eigenvalue weighted by molar-refractivity contribution is -0.143. The number of nitrogens with zero attached hydrogens (tertiary/aromatic N) is 3. The number of likely N-dealkylation sites (N-methyl/N-ethyl adjacent to an activating group) is 1. The molecule has 0 spiro atoms. The Balaban J connectivity index is 4.20. The van der Waals surface area contributed by atoms with Gasteiger partial charge in [0.05, 0.1) is 17.6 Å². The highest BCUT2D eigenvalue weighted by Gasteiger charge is 2.16. The first kappa shape index (κ1) is 15.7. The van der Waals surface area contributed by atoms with Crippen LogP contribution in [0.15, 0.2) is 0 Å². The van der Waals surface area contributed by atoms with Gasteiger partial charge in [-0.2, -0.15) is 5.26 Å². The Bertz CT molecular complexity index is 302. The molecule has 6 nitrogen and oxygen atoms in total. The van der Waals surface area contributed by atoms with Crippen LogP contribution in [0, 0.1) is 11.3 Å². The van der Waals surface area contributed by atoms with Gasteiger partial charge in [-0.25, -0.2) is 0 Å². The molecule has 0 aliphatic carbocycles. The van der Waals surface area contributed by atoms with Gasteiger partial charge < -0.3 is 14.9 Å². The minimum Gasteiger partial charge on any atom is -0.480 e. The number of rotatable bonds is 8. The molecule has 0 aliphatic rings. The Morgan fingerprint density at radius 1 is 1.35 bits per heavy atom. The van der Waals surface area contributed by atoms with Crippen LogP contribution in [0.3, 0.4) is 0 Å². The zero-order valence-corrected chi connectivity index (χ0v) is 10.9. The molecule has 1 amide bonds. The van der Waals surface area contributed by atoms with E-state index in [1.807, 2.05) is 25.1 Å². The van der Waals surface area contributed by atoms with E-state index in [-0.39, 0.29) is 24.0 Å². The van der Waals surface area contributed by atoms with E-state index < -0.39 is 5.97 Å². The number of thioether (sulfide) groups is 1. The number of carboxylic acids is 1. The van der Waals surface area contributed by atoms with E-state index in [4.69, 9.17) is 10.4 Å². The Kier molecular flexibility index (Phi) is 8.19. The van der Waals surface area contributed by atoms with Crippen molar-refractivity contribution in [2.24, 2.45) is 0 Å². The summed E-state index contributed by atoms with van der Waals surface area (Å²) in [6.45, 7) is 0.701. The van der Waals surface area contributed by atoms with Crippen molar-refractivity contribution in [1.29, 1.82) is 5.26 Å². The number of hydrogen-bond donors (Lipinski definition) is 1. The number of aliphatic carboxylic acids is 1. The third kappa shape index (κ3) is 8.54. The monoisotopic (exact) mass is 259 g/mol. The van der Waals surface area contributed by atoms with Gasteiger partial charge in [0.25, 0.3) is 0 Å². The van der Waals surface area contributed by atoms with E-state index in [0.717, 1.165) is 0 Å². The van der Waals surface area contributed by atoms with Crippen LogP contribution in [0.25, 0.3) is 0 Å². The fourth-order valence-electron chi connectivity index (χ4n) is 1.05. The van der Waals surface area contributed by atoms with Crippen molar-refractivity contribution in [2.45, 2.75) is 0 Å². The molecule has 0 heterocycles. The van der Waals surface area contributed by atoms with E-state index in [1.165, 1.54) is 16.7 Å². The summed E-state index contributed by atoms with van der Waals surface area (Å²) >= 11 is 1.19. The molecule has 0 fully saturated rings. The van der Waals surface area contributed by atoms with Gasteiger partial charge in [-0.15, -0.1) is 11.8 Å². The van der Waals surface area contributed by atoms with Crippen molar-refractivity contribution in [3.63, 3.8) is 0 Å². The summed E-state index contributed by atoms with van der Waals surface area (Å²) in [5.41, 5.74) is 0. The van der Waals surface area contributed by atoms with Crippen LogP contribution in [-0.4, -0.2) is 72.0 Å². The molecule has 17 heavy (non-hydrogen) atoms. The van der Waals surface area contributed by atoms with Crippen LogP contribution in [0.5, 0.6) is 0 Å². The predicted molar refractivity (Wildman–Crippen MR) is 65.7 cm³/mol. The number of carbonyl (C=O) groups is 2. The molecule has 0 radical (unpaired) electrons. The summed E-state index contributed by atoms with van der Waals surface area (Å²) in [5, 5.41) is 17.0. The van der Waals surface area contributed by atoms with Crippen LogP contribution >= 0.6 is 11.8 Å². The van der Waals surface area contributed by atoms with Gasteiger partial charge >= 0.3 is 5.97 Å².